The number of carbonyl (C=O) groups excluding carboxylic acids is 1. The van der Waals surface area contributed by atoms with Crippen LogP contribution in [-0.4, -0.2) is 37.6 Å². The average Bonchev–Trinajstić information content (AvgIpc) is 2.66. The molecule has 4 nitrogen and oxygen atoms in total. The van der Waals surface area contributed by atoms with Gasteiger partial charge in [-0.2, -0.15) is 0 Å². The van der Waals surface area contributed by atoms with Gasteiger partial charge >= 0.3 is 0 Å². The second kappa shape index (κ2) is 8.12. The molecule has 0 saturated carbocycles. The predicted molar refractivity (Wildman–Crippen MR) is 93.0 cm³/mol. The van der Waals surface area contributed by atoms with Crippen LogP contribution < -0.4 is 4.74 Å². The Morgan fingerprint density at radius 3 is 2.92 bits per heavy atom. The number of amides is 1. The summed E-state index contributed by atoms with van der Waals surface area (Å²) in [5, 5.41) is 0. The normalized spacial score (nSPS) is 17.4. The van der Waals surface area contributed by atoms with E-state index in [1.165, 1.54) is 12.1 Å². The van der Waals surface area contributed by atoms with E-state index in [2.05, 4.69) is 0 Å². The van der Waals surface area contributed by atoms with Crippen LogP contribution in [0.1, 0.15) is 23.7 Å². The van der Waals surface area contributed by atoms with Gasteiger partial charge in [0, 0.05) is 13.0 Å². The van der Waals surface area contributed by atoms with E-state index < -0.39 is 0 Å². The summed E-state index contributed by atoms with van der Waals surface area (Å²) in [5.74, 6) is 0.595. The molecule has 1 aliphatic rings. The van der Waals surface area contributed by atoms with E-state index in [9.17, 15) is 9.18 Å². The molecule has 0 N–H and O–H groups in total. The largest absolute Gasteiger partial charge is 0.497 e. The zero-order valence-electron chi connectivity index (χ0n) is 14.3. The summed E-state index contributed by atoms with van der Waals surface area (Å²) in [6.45, 7) is 1.50. The number of carbonyl (C=O) groups is 1. The summed E-state index contributed by atoms with van der Waals surface area (Å²) in [4.78, 5) is 14.3. The number of benzene rings is 2. The number of halogens is 1. The van der Waals surface area contributed by atoms with Crippen molar-refractivity contribution in [3.8, 4) is 5.75 Å². The first-order valence-electron chi connectivity index (χ1n) is 8.43. The fourth-order valence-electron chi connectivity index (χ4n) is 3.02. The van der Waals surface area contributed by atoms with Crippen molar-refractivity contribution >= 4 is 5.91 Å². The number of hydrogen-bond donors (Lipinski definition) is 0. The third-order valence-electron chi connectivity index (χ3n) is 4.40. The zero-order chi connectivity index (χ0) is 17.6. The lowest BCUT2D eigenvalue weighted by molar-refractivity contribution is -0.139. The Hall–Kier alpha value is -2.40. The van der Waals surface area contributed by atoms with Crippen molar-refractivity contribution in [3.05, 3.63) is 65.5 Å². The minimum absolute atomic E-state index is 0.0903. The van der Waals surface area contributed by atoms with Gasteiger partial charge in [0.1, 0.15) is 17.7 Å². The molecule has 0 aliphatic carbocycles. The van der Waals surface area contributed by atoms with Gasteiger partial charge in [-0.05, 0) is 41.8 Å². The molecule has 3 rings (SSSR count). The molecule has 0 aromatic heterocycles. The molecule has 0 radical (unpaired) electrons. The van der Waals surface area contributed by atoms with Gasteiger partial charge in [0.2, 0.25) is 5.91 Å². The number of aryl methyl sites for hydroxylation is 1. The molecule has 0 bridgehead atoms. The highest BCUT2D eigenvalue weighted by Crippen LogP contribution is 2.23. The topological polar surface area (TPSA) is 38.8 Å². The van der Waals surface area contributed by atoms with E-state index in [4.69, 9.17) is 9.47 Å². The highest BCUT2D eigenvalue weighted by atomic mass is 19.1. The van der Waals surface area contributed by atoms with Crippen LogP contribution in [0.5, 0.6) is 5.75 Å². The van der Waals surface area contributed by atoms with E-state index in [0.717, 1.165) is 16.9 Å². The van der Waals surface area contributed by atoms with Gasteiger partial charge in [-0.1, -0.05) is 24.3 Å². The highest BCUT2D eigenvalue weighted by molar-refractivity contribution is 5.76. The van der Waals surface area contributed by atoms with Crippen LogP contribution in [0.25, 0.3) is 0 Å². The number of rotatable bonds is 5. The van der Waals surface area contributed by atoms with Crippen LogP contribution in [0.4, 0.5) is 4.39 Å². The second-order valence-corrected chi connectivity index (χ2v) is 6.11. The Morgan fingerprint density at radius 2 is 2.12 bits per heavy atom. The fraction of sp³-hybridized carbons (Fsp3) is 0.350. The minimum Gasteiger partial charge on any atom is -0.497 e. The summed E-state index contributed by atoms with van der Waals surface area (Å²) in [5.41, 5.74) is 1.84. The zero-order valence-corrected chi connectivity index (χ0v) is 14.3. The smallest absolute Gasteiger partial charge is 0.223 e. The summed E-state index contributed by atoms with van der Waals surface area (Å²) in [6, 6.07) is 14.1. The van der Waals surface area contributed by atoms with Crippen LogP contribution in [-0.2, 0) is 16.0 Å². The Bertz CT molecular complexity index is 734. The molecule has 1 amide bonds. The van der Waals surface area contributed by atoms with Crippen molar-refractivity contribution < 1.29 is 18.7 Å². The van der Waals surface area contributed by atoms with Crippen molar-refractivity contribution in [3.63, 3.8) is 0 Å². The lowest BCUT2D eigenvalue weighted by atomic mass is 10.1. The quantitative estimate of drug-likeness (QED) is 0.835. The first-order chi connectivity index (χ1) is 12.2. The van der Waals surface area contributed by atoms with E-state index in [1.807, 2.05) is 30.3 Å². The summed E-state index contributed by atoms with van der Waals surface area (Å²) in [7, 11) is 1.63. The maximum absolute atomic E-state index is 13.4. The molecule has 25 heavy (non-hydrogen) atoms. The van der Waals surface area contributed by atoms with Gasteiger partial charge in [-0.25, -0.2) is 4.39 Å². The molecule has 1 saturated heterocycles. The first-order valence-corrected chi connectivity index (χ1v) is 8.43. The Kier molecular flexibility index (Phi) is 5.66. The molecule has 0 unspecified atom stereocenters. The van der Waals surface area contributed by atoms with Crippen LogP contribution in [0.15, 0.2) is 48.5 Å². The van der Waals surface area contributed by atoms with Crippen molar-refractivity contribution in [1.29, 1.82) is 0 Å². The Balaban J connectivity index is 1.58. The van der Waals surface area contributed by atoms with Crippen LogP contribution in [0.3, 0.4) is 0 Å². The molecular formula is C20H22FNO3. The standard InChI is InChI=1S/C20H22FNO3/c1-24-18-7-2-4-15(12-18)8-9-20(23)22-10-11-25-19(14-22)16-5-3-6-17(21)13-16/h2-7,12-13,19H,8-11,14H2,1H3/t19-/m1/s1. The second-order valence-electron chi connectivity index (χ2n) is 6.11. The third-order valence-corrected chi connectivity index (χ3v) is 4.40. The number of methoxy groups -OCH3 is 1. The lowest BCUT2D eigenvalue weighted by Crippen LogP contribution is -2.42. The van der Waals surface area contributed by atoms with Crippen LogP contribution in [0, 0.1) is 5.82 Å². The average molecular weight is 343 g/mol. The molecule has 5 heteroatoms. The molecule has 1 atom stereocenters. The number of nitrogens with zero attached hydrogens (tertiary/aromatic N) is 1. The summed E-state index contributed by atoms with van der Waals surface area (Å²) in [6.07, 6.45) is 0.825. The van der Waals surface area contributed by atoms with E-state index in [-0.39, 0.29) is 17.8 Å². The molecular weight excluding hydrogens is 321 g/mol. The fourth-order valence-corrected chi connectivity index (χ4v) is 3.02. The van der Waals surface area contributed by atoms with Crippen molar-refractivity contribution in [1.82, 2.24) is 4.90 Å². The Labute approximate surface area is 147 Å². The summed E-state index contributed by atoms with van der Waals surface area (Å²) < 4.78 is 24.3. The molecule has 1 aliphatic heterocycles. The van der Waals surface area contributed by atoms with Gasteiger partial charge in [-0.3, -0.25) is 4.79 Å². The number of morpholine rings is 1. The highest BCUT2D eigenvalue weighted by Gasteiger charge is 2.25. The lowest BCUT2D eigenvalue weighted by Gasteiger charge is -2.33. The monoisotopic (exact) mass is 343 g/mol. The molecule has 0 spiro atoms. The van der Waals surface area contributed by atoms with E-state index >= 15 is 0 Å². The molecule has 132 valence electrons. The van der Waals surface area contributed by atoms with E-state index in [0.29, 0.717) is 32.5 Å². The maximum atomic E-state index is 13.4. The molecule has 1 fully saturated rings. The molecule has 2 aromatic carbocycles. The Morgan fingerprint density at radius 1 is 1.28 bits per heavy atom. The molecule has 2 aromatic rings. The van der Waals surface area contributed by atoms with Crippen molar-refractivity contribution in [2.45, 2.75) is 18.9 Å². The predicted octanol–water partition coefficient (Wildman–Crippen LogP) is 3.37. The number of ether oxygens (including phenoxy) is 2. The maximum Gasteiger partial charge on any atom is 0.223 e. The first kappa shape index (κ1) is 17.4. The van der Waals surface area contributed by atoms with Crippen molar-refractivity contribution in [2.75, 3.05) is 26.8 Å². The van der Waals surface area contributed by atoms with Crippen LogP contribution >= 0.6 is 0 Å². The van der Waals surface area contributed by atoms with Gasteiger partial charge in [-0.15, -0.1) is 0 Å². The van der Waals surface area contributed by atoms with Gasteiger partial charge in [0.05, 0.1) is 20.3 Å². The van der Waals surface area contributed by atoms with Crippen molar-refractivity contribution in [2.24, 2.45) is 0 Å². The van der Waals surface area contributed by atoms with Gasteiger partial charge in [0.15, 0.2) is 0 Å². The third kappa shape index (κ3) is 4.57. The summed E-state index contributed by atoms with van der Waals surface area (Å²) >= 11 is 0. The van der Waals surface area contributed by atoms with Crippen LogP contribution in [0.2, 0.25) is 0 Å². The molecule has 1 heterocycles. The van der Waals surface area contributed by atoms with E-state index in [1.54, 1.807) is 18.1 Å². The SMILES string of the molecule is COc1cccc(CCC(=O)N2CCO[C@@H](c3cccc(F)c3)C2)c1. The van der Waals surface area contributed by atoms with Gasteiger partial charge < -0.3 is 14.4 Å². The number of hydrogen-bond acceptors (Lipinski definition) is 3. The van der Waals surface area contributed by atoms with Gasteiger partial charge in [0.25, 0.3) is 0 Å². The minimum atomic E-state index is -0.289.